The van der Waals surface area contributed by atoms with E-state index in [1.54, 1.807) is 0 Å². The Labute approximate surface area is 126 Å². The van der Waals surface area contributed by atoms with Crippen molar-refractivity contribution in [1.82, 2.24) is 9.47 Å². The van der Waals surface area contributed by atoms with Crippen LogP contribution in [0.1, 0.15) is 31.7 Å². The monoisotopic (exact) mass is 284 g/mol. The van der Waals surface area contributed by atoms with Crippen molar-refractivity contribution in [3.8, 4) is 0 Å². The summed E-state index contributed by atoms with van der Waals surface area (Å²) in [6.45, 7) is 4.12. The highest BCUT2D eigenvalue weighted by Crippen LogP contribution is 2.22. The second-order valence-corrected chi connectivity index (χ2v) is 6.36. The normalized spacial score (nSPS) is 19.1. The predicted octanol–water partition coefficient (Wildman–Crippen LogP) is 3.37. The van der Waals surface area contributed by atoms with E-state index in [0.717, 1.165) is 25.9 Å². The summed E-state index contributed by atoms with van der Waals surface area (Å²) in [5.74, 6) is 0.967. The second-order valence-electron chi connectivity index (χ2n) is 6.36. The molecule has 0 aliphatic carbocycles. The van der Waals surface area contributed by atoms with Crippen molar-refractivity contribution >= 4 is 16.8 Å². The van der Waals surface area contributed by atoms with E-state index in [4.69, 9.17) is 0 Å². The molecule has 2 aromatic rings. The molecule has 1 aromatic carbocycles. The molecule has 3 rings (SSSR count). The average Bonchev–Trinajstić information content (AvgIpc) is 2.87. The minimum atomic E-state index is 0.314. The summed E-state index contributed by atoms with van der Waals surface area (Å²) in [4.78, 5) is 14.4. The summed E-state index contributed by atoms with van der Waals surface area (Å²) < 4.78 is 2.13. The minimum absolute atomic E-state index is 0.314. The first-order valence-electron chi connectivity index (χ1n) is 7.96. The number of hydrogen-bond acceptors (Lipinski definition) is 1. The number of amides is 1. The number of nitrogens with zero attached hydrogens (tertiary/aromatic N) is 2. The Morgan fingerprint density at radius 3 is 3.00 bits per heavy atom. The van der Waals surface area contributed by atoms with Crippen LogP contribution in [0.3, 0.4) is 0 Å². The highest BCUT2D eigenvalue weighted by atomic mass is 16.2. The van der Waals surface area contributed by atoms with Crippen LogP contribution < -0.4 is 0 Å². The Morgan fingerprint density at radius 1 is 1.33 bits per heavy atom. The van der Waals surface area contributed by atoms with Crippen molar-refractivity contribution in [3.63, 3.8) is 0 Å². The lowest BCUT2D eigenvalue weighted by molar-refractivity contribution is -0.132. The third-order valence-electron chi connectivity index (χ3n) is 4.64. The highest BCUT2D eigenvalue weighted by molar-refractivity contribution is 5.84. The molecule has 0 bridgehead atoms. The molecule has 3 heteroatoms. The number of carbonyl (C=O) groups is 1. The molecule has 1 atom stereocenters. The molecule has 1 aliphatic heterocycles. The number of benzene rings is 1. The maximum absolute atomic E-state index is 12.4. The van der Waals surface area contributed by atoms with Crippen molar-refractivity contribution in [1.29, 1.82) is 0 Å². The third-order valence-corrected chi connectivity index (χ3v) is 4.64. The molecule has 1 aromatic heterocycles. The first-order valence-corrected chi connectivity index (χ1v) is 7.96. The summed E-state index contributed by atoms with van der Waals surface area (Å²) in [5, 5.41) is 1.28. The number of hydrogen-bond donors (Lipinski definition) is 0. The first kappa shape index (κ1) is 14.2. The van der Waals surface area contributed by atoms with E-state index in [2.05, 4.69) is 53.9 Å². The molecule has 0 N–H and O–H groups in total. The zero-order valence-corrected chi connectivity index (χ0v) is 13.0. The van der Waals surface area contributed by atoms with E-state index in [-0.39, 0.29) is 0 Å². The van der Waals surface area contributed by atoms with E-state index >= 15 is 0 Å². The highest BCUT2D eigenvalue weighted by Gasteiger charge is 2.20. The van der Waals surface area contributed by atoms with Crippen molar-refractivity contribution in [2.45, 2.75) is 32.6 Å². The van der Waals surface area contributed by atoms with Gasteiger partial charge in [-0.05, 0) is 42.9 Å². The van der Waals surface area contributed by atoms with Crippen molar-refractivity contribution in [2.24, 2.45) is 13.0 Å². The van der Waals surface area contributed by atoms with Gasteiger partial charge < -0.3 is 9.47 Å². The Morgan fingerprint density at radius 2 is 2.19 bits per heavy atom. The van der Waals surface area contributed by atoms with Crippen LogP contribution in [0.15, 0.2) is 30.5 Å². The van der Waals surface area contributed by atoms with Gasteiger partial charge in [0, 0.05) is 43.7 Å². The van der Waals surface area contributed by atoms with Gasteiger partial charge in [0.2, 0.25) is 5.91 Å². The van der Waals surface area contributed by atoms with Crippen molar-refractivity contribution in [2.75, 3.05) is 13.1 Å². The van der Waals surface area contributed by atoms with Gasteiger partial charge in [0.05, 0.1) is 0 Å². The Bertz CT molecular complexity index is 644. The standard InChI is InChI=1S/C18H24N2O/c1-14-5-4-11-20(13-14)18(21)9-8-15-6-3-7-17-16(15)10-12-19(17)2/h3,6-7,10,12,14H,4-5,8-9,11,13H2,1-2H3. The quantitative estimate of drug-likeness (QED) is 0.848. The van der Waals surface area contributed by atoms with E-state index in [1.165, 1.54) is 22.9 Å². The van der Waals surface area contributed by atoms with E-state index in [0.29, 0.717) is 18.2 Å². The number of rotatable bonds is 3. The summed E-state index contributed by atoms with van der Waals surface area (Å²) >= 11 is 0. The minimum Gasteiger partial charge on any atom is -0.351 e. The van der Waals surface area contributed by atoms with Gasteiger partial charge >= 0.3 is 0 Å². The maximum Gasteiger partial charge on any atom is 0.222 e. The molecule has 1 unspecified atom stereocenters. The van der Waals surface area contributed by atoms with Gasteiger partial charge in [-0.25, -0.2) is 0 Å². The Balaban J connectivity index is 1.67. The zero-order chi connectivity index (χ0) is 14.8. The van der Waals surface area contributed by atoms with Gasteiger partial charge in [-0.3, -0.25) is 4.79 Å². The molecular weight excluding hydrogens is 260 g/mol. The van der Waals surface area contributed by atoms with E-state index in [1.807, 2.05) is 0 Å². The van der Waals surface area contributed by atoms with Crippen molar-refractivity contribution in [3.05, 3.63) is 36.0 Å². The van der Waals surface area contributed by atoms with Crippen LogP contribution in [0.25, 0.3) is 10.9 Å². The topological polar surface area (TPSA) is 25.2 Å². The number of aryl methyl sites for hydroxylation is 2. The van der Waals surface area contributed by atoms with E-state index in [9.17, 15) is 4.79 Å². The average molecular weight is 284 g/mol. The molecule has 0 spiro atoms. The lowest BCUT2D eigenvalue weighted by Gasteiger charge is -2.31. The predicted molar refractivity (Wildman–Crippen MR) is 86.2 cm³/mol. The summed E-state index contributed by atoms with van der Waals surface area (Å²) in [6.07, 6.45) is 5.96. The van der Waals surface area contributed by atoms with Gasteiger partial charge in [0.15, 0.2) is 0 Å². The fourth-order valence-electron chi connectivity index (χ4n) is 3.40. The SMILES string of the molecule is CC1CCCN(C(=O)CCc2cccc3c2ccn3C)C1. The van der Waals surface area contributed by atoms with Gasteiger partial charge in [-0.15, -0.1) is 0 Å². The molecular formula is C18H24N2O. The largest absolute Gasteiger partial charge is 0.351 e. The van der Waals surface area contributed by atoms with Gasteiger partial charge in [-0.1, -0.05) is 19.1 Å². The number of fused-ring (bicyclic) bond motifs is 1. The van der Waals surface area contributed by atoms with Gasteiger partial charge in [0.25, 0.3) is 0 Å². The number of likely N-dealkylation sites (tertiary alicyclic amines) is 1. The first-order chi connectivity index (χ1) is 10.1. The van der Waals surface area contributed by atoms with Crippen LogP contribution in [0.5, 0.6) is 0 Å². The van der Waals surface area contributed by atoms with Crippen LogP contribution in [-0.2, 0) is 18.3 Å². The molecule has 1 amide bonds. The molecule has 0 radical (unpaired) electrons. The van der Waals surface area contributed by atoms with E-state index < -0.39 is 0 Å². The lowest BCUT2D eigenvalue weighted by atomic mass is 9.99. The van der Waals surface area contributed by atoms with Gasteiger partial charge in [0.1, 0.15) is 0 Å². The van der Waals surface area contributed by atoms with Crippen molar-refractivity contribution < 1.29 is 4.79 Å². The maximum atomic E-state index is 12.4. The number of aromatic nitrogens is 1. The van der Waals surface area contributed by atoms with Crippen LogP contribution in [0.2, 0.25) is 0 Å². The molecule has 3 nitrogen and oxygen atoms in total. The molecule has 0 saturated carbocycles. The molecule has 2 heterocycles. The molecule has 1 saturated heterocycles. The fraction of sp³-hybridized carbons (Fsp3) is 0.500. The fourth-order valence-corrected chi connectivity index (χ4v) is 3.40. The molecule has 21 heavy (non-hydrogen) atoms. The number of piperidine rings is 1. The zero-order valence-electron chi connectivity index (χ0n) is 13.0. The van der Waals surface area contributed by atoms with Gasteiger partial charge in [-0.2, -0.15) is 0 Å². The number of carbonyl (C=O) groups excluding carboxylic acids is 1. The summed E-state index contributed by atoms with van der Waals surface area (Å²) in [7, 11) is 2.06. The Hall–Kier alpha value is -1.77. The third kappa shape index (κ3) is 2.97. The molecule has 1 fully saturated rings. The summed E-state index contributed by atoms with van der Waals surface area (Å²) in [5.41, 5.74) is 2.53. The summed E-state index contributed by atoms with van der Waals surface area (Å²) in [6, 6.07) is 8.52. The lowest BCUT2D eigenvalue weighted by Crippen LogP contribution is -2.39. The molecule has 112 valence electrons. The van der Waals surface area contributed by atoms with Crippen LogP contribution >= 0.6 is 0 Å². The van der Waals surface area contributed by atoms with Crippen LogP contribution in [-0.4, -0.2) is 28.5 Å². The Kier molecular flexibility index (Phi) is 4.00. The smallest absolute Gasteiger partial charge is 0.222 e. The van der Waals surface area contributed by atoms with Crippen LogP contribution in [0, 0.1) is 5.92 Å². The molecule has 1 aliphatic rings. The second kappa shape index (κ2) is 5.92. The van der Waals surface area contributed by atoms with Crippen LogP contribution in [0.4, 0.5) is 0 Å².